The zero-order chi connectivity index (χ0) is 20.1. The lowest BCUT2D eigenvalue weighted by Crippen LogP contribution is -2.34. The van der Waals surface area contributed by atoms with Crippen molar-refractivity contribution in [2.24, 2.45) is 5.92 Å². The van der Waals surface area contributed by atoms with Crippen molar-refractivity contribution in [3.63, 3.8) is 0 Å². The Labute approximate surface area is 168 Å². The summed E-state index contributed by atoms with van der Waals surface area (Å²) in [5.41, 5.74) is 3.03. The summed E-state index contributed by atoms with van der Waals surface area (Å²) in [5.74, 6) is 1.46. The lowest BCUT2D eigenvalue weighted by Gasteiger charge is -2.33. The summed E-state index contributed by atoms with van der Waals surface area (Å²) in [6, 6.07) is 15.8. The second kappa shape index (κ2) is 9.13. The Bertz CT molecular complexity index is 768. The predicted octanol–water partition coefficient (Wildman–Crippen LogP) is 5.20. The van der Waals surface area contributed by atoms with Gasteiger partial charge in [-0.25, -0.2) is 0 Å². The number of carbonyl (C=O) groups is 1. The van der Waals surface area contributed by atoms with Gasteiger partial charge in [0.15, 0.2) is 0 Å². The van der Waals surface area contributed by atoms with E-state index in [0.717, 1.165) is 30.3 Å². The molecule has 0 saturated carbocycles. The fourth-order valence-electron chi connectivity index (χ4n) is 3.72. The fraction of sp³-hybridized carbons (Fsp3) is 0.458. The normalized spacial score (nSPS) is 18.0. The van der Waals surface area contributed by atoms with Gasteiger partial charge in [0.05, 0.1) is 12.1 Å². The summed E-state index contributed by atoms with van der Waals surface area (Å²) in [6.45, 7) is 10.6. The van der Waals surface area contributed by atoms with Crippen LogP contribution in [0.4, 0.5) is 5.69 Å². The molecule has 0 spiro atoms. The number of ether oxygens (including phenoxy) is 1. The Morgan fingerprint density at radius 3 is 2.36 bits per heavy atom. The van der Waals surface area contributed by atoms with E-state index in [1.165, 1.54) is 18.5 Å². The van der Waals surface area contributed by atoms with E-state index in [9.17, 15) is 4.79 Å². The number of benzene rings is 2. The summed E-state index contributed by atoms with van der Waals surface area (Å²) in [4.78, 5) is 15.0. The van der Waals surface area contributed by atoms with E-state index in [1.807, 2.05) is 32.9 Å². The van der Waals surface area contributed by atoms with Crippen LogP contribution in [0.2, 0.25) is 0 Å². The topological polar surface area (TPSA) is 41.6 Å². The molecule has 0 aromatic heterocycles. The Morgan fingerprint density at radius 2 is 1.75 bits per heavy atom. The molecule has 0 aliphatic carbocycles. The molecule has 0 radical (unpaired) electrons. The van der Waals surface area contributed by atoms with Gasteiger partial charge in [-0.05, 0) is 81.5 Å². The first kappa shape index (κ1) is 20.2. The lowest BCUT2D eigenvalue weighted by molar-refractivity contribution is 0.0940. The van der Waals surface area contributed by atoms with E-state index in [2.05, 4.69) is 41.4 Å². The average Bonchev–Trinajstić information content (AvgIpc) is 2.68. The molecule has 1 saturated heterocycles. The van der Waals surface area contributed by atoms with Gasteiger partial charge in [-0.1, -0.05) is 19.1 Å². The smallest absolute Gasteiger partial charge is 0.251 e. The first-order valence-corrected chi connectivity index (χ1v) is 10.3. The van der Waals surface area contributed by atoms with Gasteiger partial charge in [0.1, 0.15) is 5.75 Å². The SMILES string of the molecule is CC(C)Oc1ccc(C(=O)N[C@@H](C)c2ccc(N3CCC[C@H](C)C3)cc2)cc1. The highest BCUT2D eigenvalue weighted by Gasteiger charge is 2.17. The highest BCUT2D eigenvalue weighted by molar-refractivity contribution is 5.94. The van der Waals surface area contributed by atoms with Gasteiger partial charge >= 0.3 is 0 Å². The highest BCUT2D eigenvalue weighted by Crippen LogP contribution is 2.25. The number of nitrogens with one attached hydrogen (secondary N) is 1. The number of carbonyl (C=O) groups excluding carboxylic acids is 1. The molecule has 0 unspecified atom stereocenters. The molecule has 1 aliphatic rings. The zero-order valence-electron chi connectivity index (χ0n) is 17.4. The quantitative estimate of drug-likeness (QED) is 0.749. The summed E-state index contributed by atoms with van der Waals surface area (Å²) in [5, 5.41) is 3.09. The van der Waals surface area contributed by atoms with Crippen LogP contribution in [0.5, 0.6) is 5.75 Å². The van der Waals surface area contributed by atoms with Crippen LogP contribution >= 0.6 is 0 Å². The third kappa shape index (κ3) is 5.28. The maximum Gasteiger partial charge on any atom is 0.251 e. The van der Waals surface area contributed by atoms with Crippen LogP contribution in [0.25, 0.3) is 0 Å². The second-order valence-electron chi connectivity index (χ2n) is 8.17. The molecule has 1 aliphatic heterocycles. The number of nitrogens with zero attached hydrogens (tertiary/aromatic N) is 1. The first-order valence-electron chi connectivity index (χ1n) is 10.3. The fourth-order valence-corrected chi connectivity index (χ4v) is 3.72. The first-order chi connectivity index (χ1) is 13.4. The van der Waals surface area contributed by atoms with Gasteiger partial charge in [-0.15, -0.1) is 0 Å². The highest BCUT2D eigenvalue weighted by atomic mass is 16.5. The van der Waals surface area contributed by atoms with Crippen LogP contribution in [0.3, 0.4) is 0 Å². The lowest BCUT2D eigenvalue weighted by atomic mass is 9.99. The van der Waals surface area contributed by atoms with Crippen LogP contribution in [-0.4, -0.2) is 25.1 Å². The minimum atomic E-state index is -0.0717. The van der Waals surface area contributed by atoms with Crippen LogP contribution in [-0.2, 0) is 0 Å². The maximum atomic E-state index is 12.6. The van der Waals surface area contributed by atoms with E-state index < -0.39 is 0 Å². The summed E-state index contributed by atoms with van der Waals surface area (Å²) >= 11 is 0. The van der Waals surface area contributed by atoms with E-state index in [-0.39, 0.29) is 18.1 Å². The summed E-state index contributed by atoms with van der Waals surface area (Å²) < 4.78 is 5.63. The van der Waals surface area contributed by atoms with Crippen LogP contribution in [0.15, 0.2) is 48.5 Å². The molecule has 2 atom stereocenters. The van der Waals surface area contributed by atoms with Gasteiger partial charge in [0, 0.05) is 24.3 Å². The number of amides is 1. The van der Waals surface area contributed by atoms with Gasteiger partial charge in [0.2, 0.25) is 0 Å². The zero-order valence-corrected chi connectivity index (χ0v) is 17.4. The molecule has 4 nitrogen and oxygen atoms in total. The van der Waals surface area contributed by atoms with Crippen LogP contribution in [0.1, 0.15) is 62.5 Å². The van der Waals surface area contributed by atoms with Gasteiger partial charge in [-0.3, -0.25) is 4.79 Å². The van der Waals surface area contributed by atoms with Crippen molar-refractivity contribution in [2.45, 2.75) is 52.7 Å². The third-order valence-corrected chi connectivity index (χ3v) is 5.25. The van der Waals surface area contributed by atoms with Gasteiger partial charge in [0.25, 0.3) is 5.91 Å². The minimum absolute atomic E-state index is 0.0478. The molecule has 1 N–H and O–H groups in total. The van der Waals surface area contributed by atoms with Crippen molar-refractivity contribution in [1.82, 2.24) is 5.32 Å². The molecule has 2 aromatic carbocycles. The Morgan fingerprint density at radius 1 is 1.07 bits per heavy atom. The van der Waals surface area contributed by atoms with E-state index >= 15 is 0 Å². The monoisotopic (exact) mass is 380 g/mol. The van der Waals surface area contributed by atoms with Crippen molar-refractivity contribution in [3.05, 3.63) is 59.7 Å². The van der Waals surface area contributed by atoms with Crippen LogP contribution < -0.4 is 15.0 Å². The molecular formula is C24H32N2O2. The van der Waals surface area contributed by atoms with E-state index in [1.54, 1.807) is 12.1 Å². The standard InChI is InChI=1S/C24H32N2O2/c1-17(2)28-23-13-9-21(10-14-23)24(27)25-19(4)20-7-11-22(12-8-20)26-15-5-6-18(3)16-26/h7-14,17-19H,5-6,15-16H2,1-4H3,(H,25,27)/t18-,19-/m0/s1. The molecule has 3 rings (SSSR count). The number of hydrogen-bond acceptors (Lipinski definition) is 3. The second-order valence-corrected chi connectivity index (χ2v) is 8.17. The summed E-state index contributed by atoms with van der Waals surface area (Å²) in [6.07, 6.45) is 2.70. The molecule has 4 heteroatoms. The maximum absolute atomic E-state index is 12.6. The largest absolute Gasteiger partial charge is 0.491 e. The molecular weight excluding hydrogens is 348 g/mol. The van der Waals surface area contributed by atoms with Crippen LogP contribution in [0, 0.1) is 5.92 Å². The van der Waals surface area contributed by atoms with Crippen molar-refractivity contribution in [3.8, 4) is 5.75 Å². The Balaban J connectivity index is 1.59. The molecule has 1 heterocycles. The third-order valence-electron chi connectivity index (χ3n) is 5.25. The predicted molar refractivity (Wildman–Crippen MR) is 115 cm³/mol. The van der Waals surface area contributed by atoms with Gasteiger partial charge < -0.3 is 15.0 Å². The van der Waals surface area contributed by atoms with Crippen molar-refractivity contribution in [1.29, 1.82) is 0 Å². The van der Waals surface area contributed by atoms with Crippen molar-refractivity contribution < 1.29 is 9.53 Å². The number of hydrogen-bond donors (Lipinski definition) is 1. The molecule has 0 bridgehead atoms. The minimum Gasteiger partial charge on any atom is -0.491 e. The number of rotatable bonds is 6. The molecule has 28 heavy (non-hydrogen) atoms. The Hall–Kier alpha value is -2.49. The molecule has 2 aromatic rings. The number of piperidine rings is 1. The average molecular weight is 381 g/mol. The molecule has 1 fully saturated rings. The Kier molecular flexibility index (Phi) is 6.61. The van der Waals surface area contributed by atoms with Gasteiger partial charge in [-0.2, -0.15) is 0 Å². The molecule has 1 amide bonds. The van der Waals surface area contributed by atoms with E-state index in [0.29, 0.717) is 5.56 Å². The molecule has 150 valence electrons. The van der Waals surface area contributed by atoms with Crippen molar-refractivity contribution in [2.75, 3.05) is 18.0 Å². The number of anilines is 1. The van der Waals surface area contributed by atoms with Crippen molar-refractivity contribution >= 4 is 11.6 Å². The van der Waals surface area contributed by atoms with E-state index in [4.69, 9.17) is 4.74 Å². The summed E-state index contributed by atoms with van der Waals surface area (Å²) in [7, 11) is 0.